The molecule has 0 unspecified atom stereocenters. The number of rotatable bonds is 5. The lowest BCUT2D eigenvalue weighted by Gasteiger charge is -2.18. The molecule has 0 saturated heterocycles. The molecular weight excluding hydrogens is 385 g/mol. The maximum Gasteiger partial charge on any atom is 0.338 e. The highest BCUT2D eigenvalue weighted by Crippen LogP contribution is 2.40. The van der Waals surface area contributed by atoms with Crippen molar-refractivity contribution in [3.8, 4) is 16.9 Å². The number of hydrogen-bond donors (Lipinski definition) is 1. The Hall–Kier alpha value is -2.30. The third-order valence-electron chi connectivity index (χ3n) is 4.23. The molecule has 1 N–H and O–H groups in total. The molecule has 1 heterocycles. The topological polar surface area (TPSA) is 59.4 Å². The van der Waals surface area contributed by atoms with Crippen LogP contribution in [0, 0.1) is 0 Å². The van der Waals surface area contributed by atoms with Crippen LogP contribution in [0.3, 0.4) is 0 Å². The van der Waals surface area contributed by atoms with Gasteiger partial charge >= 0.3 is 5.97 Å². The average Bonchev–Trinajstić information content (AvgIpc) is 2.60. The Bertz CT molecular complexity index is 1030. The molecule has 0 atom stereocenters. The first-order chi connectivity index (χ1) is 12.8. The zero-order chi connectivity index (χ0) is 19.7. The van der Waals surface area contributed by atoms with E-state index in [9.17, 15) is 9.90 Å². The summed E-state index contributed by atoms with van der Waals surface area (Å²) in [6, 6.07) is 10.7. The minimum absolute atomic E-state index is 0.0962. The van der Waals surface area contributed by atoms with E-state index in [-0.39, 0.29) is 11.5 Å². The van der Waals surface area contributed by atoms with Crippen molar-refractivity contribution >= 4 is 40.1 Å². The second-order valence-corrected chi connectivity index (χ2v) is 7.30. The SMILES string of the molecule is CCOc1cccc(-c2c(C(=O)O)c(C(C)C)nc3c(Cl)cc(Cl)cc23)c1. The minimum atomic E-state index is -1.04. The summed E-state index contributed by atoms with van der Waals surface area (Å²) < 4.78 is 5.59. The minimum Gasteiger partial charge on any atom is -0.494 e. The number of pyridine rings is 1. The van der Waals surface area contributed by atoms with E-state index in [2.05, 4.69) is 4.98 Å². The Morgan fingerprint density at radius 1 is 1.22 bits per heavy atom. The molecule has 27 heavy (non-hydrogen) atoms. The van der Waals surface area contributed by atoms with Crippen LogP contribution in [0.2, 0.25) is 10.0 Å². The van der Waals surface area contributed by atoms with Gasteiger partial charge < -0.3 is 9.84 Å². The molecule has 3 aromatic rings. The molecule has 0 spiro atoms. The summed E-state index contributed by atoms with van der Waals surface area (Å²) in [7, 11) is 0. The van der Waals surface area contributed by atoms with E-state index in [1.807, 2.05) is 45.0 Å². The van der Waals surface area contributed by atoms with Crippen LogP contribution in [0.15, 0.2) is 36.4 Å². The zero-order valence-corrected chi connectivity index (χ0v) is 16.7. The number of carboxylic acid groups (broad SMARTS) is 1. The van der Waals surface area contributed by atoms with Gasteiger partial charge in [0.05, 0.1) is 28.4 Å². The number of carboxylic acids is 1. The highest BCUT2D eigenvalue weighted by molar-refractivity contribution is 6.39. The van der Waals surface area contributed by atoms with Gasteiger partial charge in [-0.05, 0) is 42.7 Å². The first kappa shape index (κ1) is 19.5. The second kappa shape index (κ2) is 7.75. The molecule has 0 amide bonds. The van der Waals surface area contributed by atoms with E-state index in [0.717, 1.165) is 0 Å². The molecule has 0 radical (unpaired) electrons. The van der Waals surface area contributed by atoms with Crippen LogP contribution >= 0.6 is 23.2 Å². The number of carbonyl (C=O) groups is 1. The van der Waals surface area contributed by atoms with Crippen molar-refractivity contribution in [2.75, 3.05) is 6.61 Å². The average molecular weight is 404 g/mol. The van der Waals surface area contributed by atoms with Crippen molar-refractivity contribution in [2.24, 2.45) is 0 Å². The zero-order valence-electron chi connectivity index (χ0n) is 15.2. The van der Waals surface area contributed by atoms with Gasteiger partial charge in [0.2, 0.25) is 0 Å². The van der Waals surface area contributed by atoms with Crippen LogP contribution < -0.4 is 4.74 Å². The fourth-order valence-corrected chi connectivity index (χ4v) is 3.69. The van der Waals surface area contributed by atoms with Gasteiger partial charge in [-0.2, -0.15) is 0 Å². The van der Waals surface area contributed by atoms with Gasteiger partial charge in [0.25, 0.3) is 0 Å². The van der Waals surface area contributed by atoms with E-state index in [1.165, 1.54) is 0 Å². The lowest BCUT2D eigenvalue weighted by atomic mass is 9.91. The summed E-state index contributed by atoms with van der Waals surface area (Å²) in [5.74, 6) is -0.474. The Balaban J connectivity index is 2.49. The Morgan fingerprint density at radius 3 is 2.59 bits per heavy atom. The van der Waals surface area contributed by atoms with E-state index < -0.39 is 5.97 Å². The number of ether oxygens (including phenoxy) is 1. The van der Waals surface area contributed by atoms with Crippen molar-refractivity contribution in [3.63, 3.8) is 0 Å². The molecule has 2 aromatic carbocycles. The highest BCUT2D eigenvalue weighted by atomic mass is 35.5. The smallest absolute Gasteiger partial charge is 0.338 e. The lowest BCUT2D eigenvalue weighted by Crippen LogP contribution is -2.10. The molecule has 3 rings (SSSR count). The summed E-state index contributed by atoms with van der Waals surface area (Å²) in [6.45, 7) is 6.23. The van der Waals surface area contributed by atoms with Crippen molar-refractivity contribution in [2.45, 2.75) is 26.7 Å². The van der Waals surface area contributed by atoms with Crippen molar-refractivity contribution < 1.29 is 14.6 Å². The monoisotopic (exact) mass is 403 g/mol. The largest absolute Gasteiger partial charge is 0.494 e. The quantitative estimate of drug-likeness (QED) is 0.532. The van der Waals surface area contributed by atoms with E-state index in [4.69, 9.17) is 27.9 Å². The molecule has 0 aliphatic rings. The lowest BCUT2D eigenvalue weighted by molar-refractivity contribution is 0.0695. The van der Waals surface area contributed by atoms with Gasteiger partial charge in [-0.1, -0.05) is 49.2 Å². The maximum absolute atomic E-state index is 12.2. The van der Waals surface area contributed by atoms with Crippen LogP contribution in [0.25, 0.3) is 22.0 Å². The number of halogens is 2. The summed E-state index contributed by atoms with van der Waals surface area (Å²) in [5.41, 5.74) is 2.43. The van der Waals surface area contributed by atoms with Gasteiger partial charge in [-0.25, -0.2) is 4.79 Å². The molecule has 0 aliphatic carbocycles. The molecule has 1 aromatic heterocycles. The third kappa shape index (κ3) is 3.73. The van der Waals surface area contributed by atoms with Crippen molar-refractivity contribution in [3.05, 3.63) is 57.7 Å². The first-order valence-corrected chi connectivity index (χ1v) is 9.38. The highest BCUT2D eigenvalue weighted by Gasteiger charge is 2.25. The molecule has 0 saturated carbocycles. The van der Waals surface area contributed by atoms with Gasteiger partial charge in [-0.15, -0.1) is 0 Å². The van der Waals surface area contributed by atoms with Crippen LogP contribution in [-0.4, -0.2) is 22.7 Å². The molecule has 140 valence electrons. The van der Waals surface area contributed by atoms with Gasteiger partial charge in [0.15, 0.2) is 0 Å². The molecule has 4 nitrogen and oxygen atoms in total. The van der Waals surface area contributed by atoms with Gasteiger partial charge in [-0.3, -0.25) is 4.98 Å². The Kier molecular flexibility index (Phi) is 5.59. The van der Waals surface area contributed by atoms with E-state index in [0.29, 0.717) is 50.1 Å². The summed E-state index contributed by atoms with van der Waals surface area (Å²) in [6.07, 6.45) is 0. The summed E-state index contributed by atoms with van der Waals surface area (Å²) >= 11 is 12.6. The predicted molar refractivity (Wildman–Crippen MR) is 109 cm³/mol. The fraction of sp³-hybridized carbons (Fsp3) is 0.238. The van der Waals surface area contributed by atoms with E-state index >= 15 is 0 Å². The van der Waals surface area contributed by atoms with Crippen LogP contribution in [0.5, 0.6) is 5.75 Å². The van der Waals surface area contributed by atoms with Crippen LogP contribution in [0.1, 0.15) is 42.7 Å². The van der Waals surface area contributed by atoms with E-state index in [1.54, 1.807) is 12.1 Å². The standard InChI is InChI=1S/C21H19Cl2NO3/c1-4-27-14-7-5-6-12(8-14)17-15-9-13(22)10-16(23)20(15)24-19(11(2)3)18(17)21(25)26/h5-11H,4H2,1-3H3,(H,25,26). The second-order valence-electron chi connectivity index (χ2n) is 6.45. The van der Waals surface area contributed by atoms with Gasteiger partial charge in [0.1, 0.15) is 5.75 Å². The molecule has 0 aliphatic heterocycles. The van der Waals surface area contributed by atoms with Crippen molar-refractivity contribution in [1.29, 1.82) is 0 Å². The number of hydrogen-bond acceptors (Lipinski definition) is 3. The Labute approximate surface area is 167 Å². The normalized spacial score (nSPS) is 11.2. The number of nitrogens with zero attached hydrogens (tertiary/aromatic N) is 1. The van der Waals surface area contributed by atoms with Crippen molar-refractivity contribution in [1.82, 2.24) is 4.98 Å². The molecular formula is C21H19Cl2NO3. The molecule has 0 fully saturated rings. The van der Waals surface area contributed by atoms with Gasteiger partial charge in [0, 0.05) is 16.0 Å². The predicted octanol–water partition coefficient (Wildman–Crippen LogP) is 6.43. The first-order valence-electron chi connectivity index (χ1n) is 8.62. The number of aromatic carboxylic acids is 1. The summed E-state index contributed by atoms with van der Waals surface area (Å²) in [4.78, 5) is 16.8. The third-order valence-corrected chi connectivity index (χ3v) is 4.74. The molecule has 6 heteroatoms. The number of benzene rings is 2. The summed E-state index contributed by atoms with van der Waals surface area (Å²) in [5, 5.41) is 11.4. The number of fused-ring (bicyclic) bond motifs is 1. The molecule has 0 bridgehead atoms. The Morgan fingerprint density at radius 2 is 1.96 bits per heavy atom. The van der Waals surface area contributed by atoms with Crippen LogP contribution in [-0.2, 0) is 0 Å². The fourth-order valence-electron chi connectivity index (χ4n) is 3.15. The van der Waals surface area contributed by atoms with Crippen LogP contribution in [0.4, 0.5) is 0 Å². The number of aromatic nitrogens is 1. The maximum atomic E-state index is 12.2.